The van der Waals surface area contributed by atoms with Gasteiger partial charge in [-0.3, -0.25) is 9.59 Å². The topological polar surface area (TPSA) is 108 Å². The summed E-state index contributed by atoms with van der Waals surface area (Å²) in [6, 6.07) is 0. The average molecular weight is 1370 g/mol. The molecule has 572 valence electrons. The zero-order chi connectivity index (χ0) is 70.4. The van der Waals surface area contributed by atoms with Gasteiger partial charge in [-0.1, -0.05) is 423 Å². The lowest BCUT2D eigenvalue weighted by atomic mass is 10.0. The molecule has 0 aliphatic carbocycles. The number of unbranched alkanes of at least 4 members (excludes halogenated alkanes) is 61. The first kappa shape index (κ1) is 94.5. The van der Waals surface area contributed by atoms with Crippen molar-refractivity contribution >= 4 is 17.9 Å². The van der Waals surface area contributed by atoms with Gasteiger partial charge in [0.05, 0.1) is 34.4 Å². The van der Waals surface area contributed by atoms with Crippen LogP contribution in [0.4, 0.5) is 0 Å². The maximum atomic E-state index is 13.0. The number of hydrogen-bond acceptors (Lipinski definition) is 7. The van der Waals surface area contributed by atoms with E-state index in [9.17, 15) is 19.5 Å². The first-order valence-corrected chi connectivity index (χ1v) is 43.2. The summed E-state index contributed by atoms with van der Waals surface area (Å²) in [5.41, 5.74) is 0. The number of carbonyl (C=O) groups excluding carboxylic acids is 2. The number of ether oxygens (including phenoxy) is 4. The van der Waals surface area contributed by atoms with Crippen LogP contribution < -0.4 is 0 Å². The van der Waals surface area contributed by atoms with Gasteiger partial charge in [-0.25, -0.2) is 4.79 Å². The van der Waals surface area contributed by atoms with Crippen LogP contribution in [-0.4, -0.2) is 87.4 Å². The third kappa shape index (κ3) is 80.7. The normalized spacial score (nSPS) is 12.7. The van der Waals surface area contributed by atoms with Crippen molar-refractivity contribution in [3.63, 3.8) is 0 Å². The number of carbonyl (C=O) groups is 3. The predicted octanol–water partition coefficient (Wildman–Crippen LogP) is 27.8. The average Bonchev–Trinajstić information content (AvgIpc) is 2.39. The van der Waals surface area contributed by atoms with E-state index in [0.717, 1.165) is 51.4 Å². The number of rotatable bonds is 82. The quantitative estimate of drug-likeness (QED) is 0.0211. The van der Waals surface area contributed by atoms with E-state index >= 15 is 0 Å². The molecule has 0 aromatic carbocycles. The molecular weight excluding hydrogens is 1200 g/mol. The van der Waals surface area contributed by atoms with Gasteiger partial charge in [0.2, 0.25) is 0 Å². The molecule has 0 bridgehead atoms. The minimum Gasteiger partial charge on any atom is -0.477 e. The summed E-state index contributed by atoms with van der Waals surface area (Å²) in [7, 11) is 6.00. The van der Waals surface area contributed by atoms with Crippen LogP contribution >= 0.6 is 0 Å². The lowest BCUT2D eigenvalue weighted by Crippen LogP contribution is -2.40. The molecule has 0 aromatic rings. The van der Waals surface area contributed by atoms with Gasteiger partial charge in [0.25, 0.3) is 6.29 Å². The van der Waals surface area contributed by atoms with Crippen LogP contribution in [0.2, 0.25) is 0 Å². The van der Waals surface area contributed by atoms with Crippen molar-refractivity contribution in [2.45, 2.75) is 463 Å². The Hall–Kier alpha value is -2.49. The smallest absolute Gasteiger partial charge is 0.361 e. The fraction of sp³-hybridized carbons (Fsp3) is 0.898. The minimum atomic E-state index is -1.51. The van der Waals surface area contributed by atoms with Crippen LogP contribution in [0.5, 0.6) is 0 Å². The van der Waals surface area contributed by atoms with E-state index in [1.165, 1.54) is 372 Å². The van der Waals surface area contributed by atoms with Crippen LogP contribution in [0.15, 0.2) is 36.5 Å². The third-order valence-corrected chi connectivity index (χ3v) is 19.9. The highest BCUT2D eigenvalue weighted by atomic mass is 16.7. The monoisotopic (exact) mass is 1370 g/mol. The highest BCUT2D eigenvalue weighted by molar-refractivity contribution is 5.71. The van der Waals surface area contributed by atoms with E-state index in [2.05, 4.69) is 50.3 Å². The van der Waals surface area contributed by atoms with Gasteiger partial charge in [0.1, 0.15) is 13.2 Å². The maximum absolute atomic E-state index is 13.0. The maximum Gasteiger partial charge on any atom is 0.361 e. The molecule has 9 heteroatoms. The van der Waals surface area contributed by atoms with E-state index < -0.39 is 18.4 Å². The Morgan fingerprint density at radius 1 is 0.309 bits per heavy atom. The fourth-order valence-electron chi connectivity index (χ4n) is 13.3. The summed E-state index contributed by atoms with van der Waals surface area (Å²) >= 11 is 0. The van der Waals surface area contributed by atoms with Gasteiger partial charge in [-0.15, -0.1) is 0 Å². The van der Waals surface area contributed by atoms with Crippen LogP contribution in [0.1, 0.15) is 450 Å². The molecule has 0 rings (SSSR count). The zero-order valence-corrected chi connectivity index (χ0v) is 65.8. The lowest BCUT2D eigenvalue weighted by molar-refractivity contribution is -0.870. The predicted molar refractivity (Wildman–Crippen MR) is 420 cm³/mol. The van der Waals surface area contributed by atoms with E-state index in [0.29, 0.717) is 17.4 Å². The number of hydrogen-bond donors (Lipinski definition) is 1. The first-order valence-electron chi connectivity index (χ1n) is 43.2. The number of likely N-dealkylation sites (N-methyl/N-ethyl adjacent to an activating group) is 1. The van der Waals surface area contributed by atoms with E-state index in [4.69, 9.17) is 18.9 Å². The molecule has 2 unspecified atom stereocenters. The van der Waals surface area contributed by atoms with Crippen molar-refractivity contribution in [3.05, 3.63) is 36.5 Å². The third-order valence-electron chi connectivity index (χ3n) is 19.9. The number of carboxylic acids is 1. The Labute approximate surface area is 604 Å². The molecule has 0 aliphatic rings. The second kappa shape index (κ2) is 79.2. The molecule has 0 saturated carbocycles. The highest BCUT2D eigenvalue weighted by Gasteiger charge is 2.25. The molecule has 0 aliphatic heterocycles. The van der Waals surface area contributed by atoms with Crippen LogP contribution in [0.3, 0.4) is 0 Å². The summed E-state index contributed by atoms with van der Waals surface area (Å²) in [6.45, 7) is 4.95. The van der Waals surface area contributed by atoms with E-state index in [1.54, 1.807) is 0 Å². The molecule has 0 heterocycles. The Morgan fingerprint density at radius 2 is 0.557 bits per heavy atom. The van der Waals surface area contributed by atoms with Crippen molar-refractivity contribution in [2.24, 2.45) is 0 Å². The Balaban J connectivity index is 3.90. The number of allylic oxidation sites excluding steroid dienone is 6. The molecule has 1 N–H and O–H groups in total. The number of nitrogens with zero attached hydrogens (tertiary/aromatic N) is 1. The van der Waals surface area contributed by atoms with Crippen LogP contribution in [0, 0.1) is 0 Å². The summed E-state index contributed by atoms with van der Waals surface area (Å²) in [4.78, 5) is 37.8. The Bertz CT molecular complexity index is 1690. The van der Waals surface area contributed by atoms with Crippen molar-refractivity contribution in [1.29, 1.82) is 0 Å². The SMILES string of the molecule is CCCCCCC/C=C\C/C=C\C/C=C\CCCCCCCCCCCCCCCCCCC(=O)OC(COC(=O)CCCCCCCCCCCCCCCCCCCCCCCCCCCCCCCCCCCCCCCCCCC)COC(OCC[N+](C)(C)C)C(=O)O. The van der Waals surface area contributed by atoms with Crippen molar-refractivity contribution in [2.75, 3.05) is 47.5 Å². The van der Waals surface area contributed by atoms with Gasteiger partial charge in [-0.05, 0) is 51.4 Å². The molecule has 97 heavy (non-hydrogen) atoms. The lowest BCUT2D eigenvalue weighted by Gasteiger charge is -2.25. The highest BCUT2D eigenvalue weighted by Crippen LogP contribution is 2.21. The van der Waals surface area contributed by atoms with E-state index in [-0.39, 0.29) is 38.2 Å². The van der Waals surface area contributed by atoms with Crippen molar-refractivity contribution in [3.8, 4) is 0 Å². The minimum absolute atomic E-state index is 0.176. The number of aliphatic carboxylic acids is 1. The van der Waals surface area contributed by atoms with Crippen molar-refractivity contribution in [1.82, 2.24) is 0 Å². The first-order chi connectivity index (χ1) is 47.6. The summed E-state index contributed by atoms with van der Waals surface area (Å²) in [5, 5.41) is 9.78. The number of carboxylic acid groups (broad SMARTS) is 1. The van der Waals surface area contributed by atoms with Crippen LogP contribution in [-0.2, 0) is 33.3 Å². The number of esters is 2. The fourth-order valence-corrected chi connectivity index (χ4v) is 13.3. The summed E-state index contributed by atoms with van der Waals surface area (Å²) < 4.78 is 23.1. The van der Waals surface area contributed by atoms with E-state index in [1.807, 2.05) is 21.1 Å². The van der Waals surface area contributed by atoms with Gasteiger partial charge < -0.3 is 28.5 Å². The molecule has 0 fully saturated rings. The summed E-state index contributed by atoms with van der Waals surface area (Å²) in [6.07, 6.45) is 101. The molecule has 9 nitrogen and oxygen atoms in total. The second-order valence-corrected chi connectivity index (χ2v) is 30.9. The molecule has 0 saturated heterocycles. The molecule has 0 amide bonds. The van der Waals surface area contributed by atoms with Crippen LogP contribution in [0.25, 0.3) is 0 Å². The second-order valence-electron chi connectivity index (χ2n) is 30.9. The van der Waals surface area contributed by atoms with Gasteiger partial charge in [0, 0.05) is 12.8 Å². The molecule has 0 aromatic heterocycles. The van der Waals surface area contributed by atoms with Crippen molar-refractivity contribution < 1.29 is 42.9 Å². The number of quaternary nitrogens is 1. The Morgan fingerprint density at radius 3 is 0.825 bits per heavy atom. The summed E-state index contributed by atoms with van der Waals surface area (Å²) in [5.74, 6) is -1.97. The van der Waals surface area contributed by atoms with Gasteiger partial charge in [0.15, 0.2) is 6.10 Å². The van der Waals surface area contributed by atoms with Gasteiger partial charge in [-0.2, -0.15) is 0 Å². The molecule has 0 radical (unpaired) electrons. The molecule has 2 atom stereocenters. The standard InChI is InChI=1S/C88H167NO8/c1-6-8-10-12-14-16-18-20-22-24-26-28-30-32-34-36-38-39-40-41-42-43-44-45-46-47-49-50-52-54-56-58-60-62-64-66-68-70-72-74-76-78-85(90)95-82-84(83-96-88(87(92)93)94-81-80-89(3,4)5)97-86(91)79-77-75-73-71-69-67-65-63-61-59-57-55-53-51-48-37-35-33-31-29-27-25-23-21-19-17-15-13-11-9-7-2/h19,21,25,27,31,33,84,88H,6-18,20,22-24,26,28-30,32,34-83H2,1-5H3/p+1/b21-19-,27-25-,33-31-. The molecule has 0 spiro atoms. The Kier molecular flexibility index (Phi) is 77.2. The molecular formula is C88H168NO8+. The van der Waals surface area contributed by atoms with Gasteiger partial charge >= 0.3 is 17.9 Å². The zero-order valence-electron chi connectivity index (χ0n) is 65.8. The largest absolute Gasteiger partial charge is 0.477 e.